The quantitative estimate of drug-likeness (QED) is 0.165. The summed E-state index contributed by atoms with van der Waals surface area (Å²) in [6.07, 6.45) is 0. The highest BCUT2D eigenvalue weighted by molar-refractivity contribution is 8.25. The molecule has 4 N–H and O–H groups in total. The minimum Gasteiger partial charge on any atom is -0.377 e. The van der Waals surface area contributed by atoms with Gasteiger partial charge < -0.3 is 11.6 Å². The van der Waals surface area contributed by atoms with Gasteiger partial charge in [0.25, 0.3) is 0 Å². The number of rotatable bonds is 1. The summed E-state index contributed by atoms with van der Waals surface area (Å²) in [5.74, 6) is 4.79. The topological polar surface area (TPSA) is 64.4 Å². The van der Waals surface area contributed by atoms with E-state index in [1.807, 2.05) is 0 Å². The van der Waals surface area contributed by atoms with Crippen molar-refractivity contribution >= 4 is 29.6 Å². The smallest absolute Gasteiger partial charge is 0.182 e. The van der Waals surface area contributed by atoms with Gasteiger partial charge in [0.1, 0.15) is 0 Å². The van der Waals surface area contributed by atoms with Crippen LogP contribution in [-0.2, 0) is 0 Å². The van der Waals surface area contributed by atoms with E-state index in [0.29, 0.717) is 4.24 Å². The zero-order valence-electron chi connectivity index (χ0n) is 4.16. The minimum absolute atomic E-state index is 0.269. The molecule has 0 amide bonds. The second-order valence-electron chi connectivity index (χ2n) is 0.963. The van der Waals surface area contributed by atoms with Crippen LogP contribution in [-0.4, -0.2) is 5.17 Å². The second-order valence-corrected chi connectivity index (χ2v) is 2.92. The van der Waals surface area contributed by atoms with Crippen molar-refractivity contribution in [3.8, 4) is 0 Å². The fraction of sp³-hybridized carbons (Fsp3) is 0. The average Bonchev–Trinajstić information content (AvgIpc) is 1.65. The van der Waals surface area contributed by atoms with E-state index in [1.165, 1.54) is 0 Å². The lowest BCUT2D eigenvalue weighted by Gasteiger charge is -1.92. The Kier molecular flexibility index (Phi) is 3.55. The number of thiol groups is 1. The van der Waals surface area contributed by atoms with Gasteiger partial charge in [-0.25, -0.2) is 0 Å². The number of hydrogen-bond donors (Lipinski definition) is 3. The van der Waals surface area contributed by atoms with Gasteiger partial charge in [0.2, 0.25) is 0 Å². The zero-order valence-corrected chi connectivity index (χ0v) is 5.88. The summed E-state index contributed by atoms with van der Waals surface area (Å²) in [7, 11) is 0. The van der Waals surface area contributed by atoms with Crippen molar-refractivity contribution in [1.82, 2.24) is 0 Å². The van der Waals surface area contributed by atoms with Crippen molar-refractivity contribution in [1.29, 1.82) is 0 Å². The van der Waals surface area contributed by atoms with E-state index in [1.54, 1.807) is 0 Å². The van der Waals surface area contributed by atoms with Crippen molar-refractivity contribution in [2.75, 3.05) is 0 Å². The van der Waals surface area contributed by atoms with Crippen molar-refractivity contribution < 1.29 is 0 Å². The standard InChI is InChI=1S/C3H7N3S2/c1-2(7)8-3(4)6-5/h7H,1,5H2,(H2,4,6). The molecule has 46 valence electrons. The molecule has 0 aromatic heterocycles. The fourth-order valence-corrected chi connectivity index (χ4v) is 0.722. The van der Waals surface area contributed by atoms with Crippen LogP contribution in [0.4, 0.5) is 0 Å². The highest BCUT2D eigenvalue weighted by atomic mass is 32.2. The van der Waals surface area contributed by atoms with Crippen LogP contribution in [0.25, 0.3) is 0 Å². The normalized spacial score (nSPS) is 11.4. The molecule has 0 atom stereocenters. The van der Waals surface area contributed by atoms with E-state index < -0.39 is 0 Å². The number of amidine groups is 1. The van der Waals surface area contributed by atoms with E-state index in [0.717, 1.165) is 11.8 Å². The van der Waals surface area contributed by atoms with Gasteiger partial charge in [-0.1, -0.05) is 6.58 Å². The molecule has 0 aliphatic carbocycles. The lowest BCUT2D eigenvalue weighted by molar-refractivity contribution is 1.25. The molecular formula is C3H7N3S2. The third kappa shape index (κ3) is 3.89. The van der Waals surface area contributed by atoms with Crippen LogP contribution in [0, 0.1) is 0 Å². The number of hydrogen-bond acceptors (Lipinski definition) is 4. The van der Waals surface area contributed by atoms with Crippen LogP contribution in [0.15, 0.2) is 15.9 Å². The van der Waals surface area contributed by atoms with Crippen LogP contribution >= 0.6 is 24.4 Å². The van der Waals surface area contributed by atoms with Gasteiger partial charge in [0.05, 0.1) is 0 Å². The summed E-state index contributed by atoms with van der Waals surface area (Å²) in [5, 5.41) is 3.44. The van der Waals surface area contributed by atoms with Crippen molar-refractivity contribution in [3.05, 3.63) is 10.8 Å². The molecule has 0 bridgehead atoms. The van der Waals surface area contributed by atoms with Gasteiger partial charge in [-0.3, -0.25) is 0 Å². The molecule has 0 aromatic carbocycles. The van der Waals surface area contributed by atoms with Crippen molar-refractivity contribution in [2.45, 2.75) is 0 Å². The third-order valence-electron chi connectivity index (χ3n) is 0.350. The molecule has 0 unspecified atom stereocenters. The highest BCUT2D eigenvalue weighted by Crippen LogP contribution is 2.14. The first kappa shape index (κ1) is 7.71. The molecular weight excluding hydrogens is 142 g/mol. The molecule has 0 aromatic rings. The van der Waals surface area contributed by atoms with Gasteiger partial charge in [0.15, 0.2) is 5.17 Å². The molecule has 0 radical (unpaired) electrons. The van der Waals surface area contributed by atoms with Gasteiger partial charge in [-0.05, 0) is 11.8 Å². The molecule has 0 aliphatic heterocycles. The third-order valence-corrected chi connectivity index (χ3v) is 1.17. The van der Waals surface area contributed by atoms with E-state index in [-0.39, 0.29) is 5.17 Å². The van der Waals surface area contributed by atoms with Gasteiger partial charge in [0, 0.05) is 4.24 Å². The lowest BCUT2D eigenvalue weighted by atomic mass is 11.2. The predicted octanol–water partition coefficient (Wildman–Crippen LogP) is 0.309. The molecule has 8 heavy (non-hydrogen) atoms. The zero-order chi connectivity index (χ0) is 6.57. The minimum atomic E-state index is 0.269. The Labute approximate surface area is 57.6 Å². The molecule has 0 heterocycles. The maximum absolute atomic E-state index is 5.15. The fourth-order valence-electron chi connectivity index (χ4n) is 0.147. The lowest BCUT2D eigenvalue weighted by Crippen LogP contribution is -2.08. The largest absolute Gasteiger partial charge is 0.377 e. The SMILES string of the molecule is C=C(S)S/C(N)=N\N. The Morgan fingerprint density at radius 3 is 2.38 bits per heavy atom. The first-order valence-electron chi connectivity index (χ1n) is 1.76. The number of nitrogens with zero attached hydrogens (tertiary/aromatic N) is 1. The Morgan fingerprint density at radius 2 is 2.25 bits per heavy atom. The Morgan fingerprint density at radius 1 is 1.75 bits per heavy atom. The Hall–Kier alpha value is -0.290. The Bertz CT molecular complexity index is 120. The van der Waals surface area contributed by atoms with Crippen LogP contribution in [0.5, 0.6) is 0 Å². The first-order chi connectivity index (χ1) is 3.66. The highest BCUT2D eigenvalue weighted by Gasteiger charge is 1.90. The predicted molar refractivity (Wildman–Crippen MR) is 41.5 cm³/mol. The molecule has 5 heteroatoms. The average molecular weight is 149 g/mol. The molecule has 0 spiro atoms. The molecule has 3 nitrogen and oxygen atoms in total. The van der Waals surface area contributed by atoms with Gasteiger partial charge >= 0.3 is 0 Å². The van der Waals surface area contributed by atoms with Gasteiger partial charge in [-0.15, -0.1) is 12.6 Å². The van der Waals surface area contributed by atoms with E-state index >= 15 is 0 Å². The van der Waals surface area contributed by atoms with Gasteiger partial charge in [-0.2, -0.15) is 5.10 Å². The number of thioether (sulfide) groups is 1. The molecule has 0 fully saturated rings. The van der Waals surface area contributed by atoms with Crippen LogP contribution < -0.4 is 11.6 Å². The summed E-state index contributed by atoms with van der Waals surface area (Å²) in [4.78, 5) is 0. The molecule has 0 aliphatic rings. The summed E-state index contributed by atoms with van der Waals surface area (Å²) < 4.78 is 0.580. The van der Waals surface area contributed by atoms with E-state index in [9.17, 15) is 0 Å². The van der Waals surface area contributed by atoms with Crippen LogP contribution in [0.3, 0.4) is 0 Å². The van der Waals surface area contributed by atoms with E-state index in [4.69, 9.17) is 11.6 Å². The van der Waals surface area contributed by atoms with Crippen LogP contribution in [0.2, 0.25) is 0 Å². The van der Waals surface area contributed by atoms with Crippen molar-refractivity contribution in [3.63, 3.8) is 0 Å². The Balaban J connectivity index is 3.56. The number of hydrazone groups is 1. The maximum atomic E-state index is 5.15. The monoisotopic (exact) mass is 149 g/mol. The molecule has 0 saturated heterocycles. The first-order valence-corrected chi connectivity index (χ1v) is 3.02. The summed E-state index contributed by atoms with van der Waals surface area (Å²) in [6.45, 7) is 3.45. The summed E-state index contributed by atoms with van der Waals surface area (Å²) >= 11 is 4.97. The van der Waals surface area contributed by atoms with E-state index in [2.05, 4.69) is 24.3 Å². The second kappa shape index (κ2) is 3.68. The molecule has 0 rings (SSSR count). The van der Waals surface area contributed by atoms with Crippen LogP contribution in [0.1, 0.15) is 0 Å². The number of nitrogens with two attached hydrogens (primary N) is 2. The van der Waals surface area contributed by atoms with Crippen molar-refractivity contribution in [2.24, 2.45) is 16.7 Å². The summed E-state index contributed by atoms with van der Waals surface area (Å²) in [5.41, 5.74) is 5.15. The molecule has 0 saturated carbocycles. The summed E-state index contributed by atoms with van der Waals surface area (Å²) in [6, 6.07) is 0. The maximum Gasteiger partial charge on any atom is 0.182 e.